The lowest BCUT2D eigenvalue weighted by atomic mass is 10.1. The zero-order valence-electron chi connectivity index (χ0n) is 10.5. The molecule has 3 N–H and O–H groups in total. The molecular weight excluding hydrogens is 254 g/mol. The fraction of sp³-hybridized carbons (Fsp3) is 0.417. The van der Waals surface area contributed by atoms with Crippen molar-refractivity contribution >= 4 is 15.8 Å². The maximum Gasteiger partial charge on any atom is 0.340 e. The van der Waals surface area contributed by atoms with Gasteiger partial charge in [0, 0.05) is 0 Å². The molecule has 0 saturated carbocycles. The van der Waals surface area contributed by atoms with Gasteiger partial charge in [0.1, 0.15) is 0 Å². The van der Waals surface area contributed by atoms with E-state index in [-0.39, 0.29) is 4.90 Å². The molecule has 0 saturated heterocycles. The number of carboxylic acid groups (broad SMARTS) is 1. The lowest BCUT2D eigenvalue weighted by Crippen LogP contribution is -2.58. The summed E-state index contributed by atoms with van der Waals surface area (Å²) >= 11 is 0. The van der Waals surface area contributed by atoms with Crippen LogP contribution >= 0.6 is 0 Å². The first-order valence-corrected chi connectivity index (χ1v) is 6.96. The number of benzene rings is 1. The summed E-state index contributed by atoms with van der Waals surface area (Å²) in [6.45, 7) is 4.56. The van der Waals surface area contributed by atoms with Crippen LogP contribution in [0.3, 0.4) is 0 Å². The molecule has 1 aromatic carbocycles. The molecule has 5 nitrogen and oxygen atoms in total. The van der Waals surface area contributed by atoms with Crippen molar-refractivity contribution in [3.8, 4) is 0 Å². The number of hydrogen-bond acceptors (Lipinski definition) is 4. The van der Waals surface area contributed by atoms with Gasteiger partial charge in [0.2, 0.25) is 14.7 Å². The van der Waals surface area contributed by atoms with Crippen LogP contribution < -0.4 is 5.73 Å². The van der Waals surface area contributed by atoms with E-state index in [2.05, 4.69) is 0 Å². The Bertz CT molecular complexity index is 565. The normalized spacial score (nSPS) is 15.4. The summed E-state index contributed by atoms with van der Waals surface area (Å²) in [5.41, 5.74) is 6.16. The van der Waals surface area contributed by atoms with E-state index in [0.29, 0.717) is 5.56 Å². The molecule has 0 aliphatic carbocycles. The van der Waals surface area contributed by atoms with Crippen LogP contribution in [-0.4, -0.2) is 24.4 Å². The van der Waals surface area contributed by atoms with Gasteiger partial charge in [0.05, 0.1) is 4.90 Å². The average molecular weight is 271 g/mol. The summed E-state index contributed by atoms with van der Waals surface area (Å²) in [4.78, 5) is 8.93. The largest absolute Gasteiger partial charge is 0.479 e. The van der Waals surface area contributed by atoms with Crippen molar-refractivity contribution in [2.45, 2.75) is 30.5 Å². The molecule has 1 atom stereocenters. The Balaban J connectivity index is 3.56. The van der Waals surface area contributed by atoms with E-state index in [1.54, 1.807) is 25.1 Å². The summed E-state index contributed by atoms with van der Waals surface area (Å²) in [6, 6.07) is 6.21. The molecule has 0 fully saturated rings. The number of nitrogens with two attached hydrogens (primary N) is 1. The highest BCUT2D eigenvalue weighted by atomic mass is 32.2. The summed E-state index contributed by atoms with van der Waals surface area (Å²) in [5, 5.41) is 9.19. The Labute approximate surface area is 107 Å². The molecule has 18 heavy (non-hydrogen) atoms. The molecule has 0 aliphatic rings. The number of aliphatic carboxylic acids is 1. The van der Waals surface area contributed by atoms with Crippen LogP contribution in [0.2, 0.25) is 0 Å². The molecule has 0 amide bonds. The van der Waals surface area contributed by atoms with Gasteiger partial charge < -0.3 is 10.8 Å². The fourth-order valence-corrected chi connectivity index (χ4v) is 3.68. The Hall–Kier alpha value is -1.40. The summed E-state index contributed by atoms with van der Waals surface area (Å²) < 4.78 is 24.9. The van der Waals surface area contributed by atoms with Gasteiger partial charge >= 0.3 is 5.97 Å². The van der Waals surface area contributed by atoms with E-state index in [1.165, 1.54) is 19.9 Å². The second-order valence-corrected chi connectivity index (χ2v) is 6.64. The van der Waals surface area contributed by atoms with E-state index in [1.807, 2.05) is 0 Å². The number of aryl methyl sites for hydroxylation is 1. The van der Waals surface area contributed by atoms with Gasteiger partial charge in [0.25, 0.3) is 0 Å². The van der Waals surface area contributed by atoms with E-state index < -0.39 is 26.6 Å². The standard InChI is InChI=1S/C12H17NO4S/c1-8(2)12(13,11(14)15)18(16,17)10-7-5-4-6-9(10)3/h4-8H,13H2,1-3H3,(H,14,15). The Morgan fingerprint density at radius 1 is 1.33 bits per heavy atom. The number of hydrogen-bond donors (Lipinski definition) is 2. The Kier molecular flexibility index (Phi) is 3.83. The number of sulfone groups is 1. The quantitative estimate of drug-likeness (QED) is 0.856. The van der Waals surface area contributed by atoms with Crippen LogP contribution in [0, 0.1) is 12.8 Å². The highest BCUT2D eigenvalue weighted by Crippen LogP contribution is 2.30. The molecule has 1 rings (SSSR count). The summed E-state index contributed by atoms with van der Waals surface area (Å²) in [6.07, 6.45) is 0. The minimum Gasteiger partial charge on any atom is -0.479 e. The van der Waals surface area contributed by atoms with Crippen LogP contribution in [0.4, 0.5) is 0 Å². The topological polar surface area (TPSA) is 97.5 Å². The van der Waals surface area contributed by atoms with Crippen molar-refractivity contribution < 1.29 is 18.3 Å². The third-order valence-corrected chi connectivity index (χ3v) is 5.59. The molecule has 6 heteroatoms. The van der Waals surface area contributed by atoms with Crippen LogP contribution in [0.25, 0.3) is 0 Å². The first-order valence-electron chi connectivity index (χ1n) is 5.48. The maximum absolute atomic E-state index is 12.5. The van der Waals surface area contributed by atoms with Crippen molar-refractivity contribution in [1.82, 2.24) is 0 Å². The Morgan fingerprint density at radius 2 is 1.83 bits per heavy atom. The van der Waals surface area contributed by atoms with Crippen molar-refractivity contribution in [2.75, 3.05) is 0 Å². The van der Waals surface area contributed by atoms with Gasteiger partial charge in [-0.2, -0.15) is 0 Å². The van der Waals surface area contributed by atoms with Gasteiger partial charge in [-0.05, 0) is 24.5 Å². The summed E-state index contributed by atoms with van der Waals surface area (Å²) in [7, 11) is -4.15. The monoisotopic (exact) mass is 271 g/mol. The first-order chi connectivity index (χ1) is 8.15. The van der Waals surface area contributed by atoms with E-state index in [4.69, 9.17) is 5.73 Å². The smallest absolute Gasteiger partial charge is 0.340 e. The van der Waals surface area contributed by atoms with Crippen LogP contribution in [0.1, 0.15) is 19.4 Å². The maximum atomic E-state index is 12.5. The highest BCUT2D eigenvalue weighted by Gasteiger charge is 2.51. The van der Waals surface area contributed by atoms with Crippen molar-refractivity contribution in [3.63, 3.8) is 0 Å². The third kappa shape index (κ3) is 2.02. The molecule has 0 radical (unpaired) electrons. The summed E-state index contributed by atoms with van der Waals surface area (Å²) in [5.74, 6) is -2.29. The molecule has 0 bridgehead atoms. The van der Waals surface area contributed by atoms with E-state index in [0.717, 1.165) is 0 Å². The average Bonchev–Trinajstić information content (AvgIpc) is 2.27. The zero-order valence-corrected chi connectivity index (χ0v) is 11.4. The van der Waals surface area contributed by atoms with Gasteiger partial charge in [0.15, 0.2) is 0 Å². The van der Waals surface area contributed by atoms with Crippen LogP contribution in [0.15, 0.2) is 29.2 Å². The van der Waals surface area contributed by atoms with Gasteiger partial charge in [-0.3, -0.25) is 0 Å². The predicted octanol–water partition coefficient (Wildman–Crippen LogP) is 1.16. The van der Waals surface area contributed by atoms with E-state index in [9.17, 15) is 18.3 Å². The van der Waals surface area contributed by atoms with Crippen molar-refractivity contribution in [3.05, 3.63) is 29.8 Å². The molecule has 0 heterocycles. The fourth-order valence-electron chi connectivity index (χ4n) is 1.71. The number of rotatable bonds is 4. The second-order valence-electron chi connectivity index (χ2n) is 4.52. The van der Waals surface area contributed by atoms with Gasteiger partial charge in [-0.15, -0.1) is 0 Å². The molecule has 0 spiro atoms. The number of carboxylic acids is 1. The highest BCUT2D eigenvalue weighted by molar-refractivity contribution is 7.93. The molecule has 1 unspecified atom stereocenters. The number of carbonyl (C=O) groups is 1. The van der Waals surface area contributed by atoms with Gasteiger partial charge in [-0.1, -0.05) is 32.0 Å². The minimum atomic E-state index is -4.15. The zero-order chi connectivity index (χ0) is 14.1. The third-order valence-electron chi connectivity index (χ3n) is 3.02. The lowest BCUT2D eigenvalue weighted by molar-refractivity contribution is -0.141. The first kappa shape index (κ1) is 14.7. The molecule has 1 aromatic rings. The van der Waals surface area contributed by atoms with Crippen LogP contribution in [-0.2, 0) is 14.6 Å². The lowest BCUT2D eigenvalue weighted by Gasteiger charge is -2.29. The van der Waals surface area contributed by atoms with E-state index >= 15 is 0 Å². The second kappa shape index (κ2) is 4.70. The molecule has 0 aliphatic heterocycles. The van der Waals surface area contributed by atoms with Crippen LogP contribution in [0.5, 0.6) is 0 Å². The molecule has 0 aromatic heterocycles. The molecular formula is C12H17NO4S. The van der Waals surface area contributed by atoms with Gasteiger partial charge in [-0.25, -0.2) is 13.2 Å². The van der Waals surface area contributed by atoms with Crippen molar-refractivity contribution in [1.29, 1.82) is 0 Å². The molecule has 100 valence electrons. The van der Waals surface area contributed by atoms with Crippen molar-refractivity contribution in [2.24, 2.45) is 11.7 Å². The Morgan fingerprint density at radius 3 is 2.22 bits per heavy atom. The predicted molar refractivity (Wildman–Crippen MR) is 67.8 cm³/mol. The minimum absolute atomic E-state index is 0.0383. The SMILES string of the molecule is Cc1ccccc1S(=O)(=O)C(N)(C(=O)O)C(C)C.